The van der Waals surface area contributed by atoms with Crippen LogP contribution in [-0.4, -0.2) is 27.0 Å². The first-order chi connectivity index (χ1) is 13.5. The van der Waals surface area contributed by atoms with Crippen molar-refractivity contribution >= 4 is 33.9 Å². The molecule has 9 heteroatoms. The van der Waals surface area contributed by atoms with E-state index in [4.69, 9.17) is 4.42 Å². The number of aliphatic hydroxyl groups is 1. The maximum atomic E-state index is 13.2. The normalized spacial score (nSPS) is 18.8. The zero-order valence-corrected chi connectivity index (χ0v) is 15.4. The Kier molecular flexibility index (Phi) is 4.52. The molecule has 28 heavy (non-hydrogen) atoms. The number of aliphatic hydroxyl groups excluding tert-OH is 1. The fraction of sp³-hybridized carbons (Fsp3) is 0.158. The van der Waals surface area contributed by atoms with Crippen molar-refractivity contribution in [3.05, 3.63) is 70.4 Å². The quantitative estimate of drug-likeness (QED) is 0.410. The smallest absolute Gasteiger partial charge is 0.302 e. The van der Waals surface area contributed by atoms with E-state index < -0.39 is 29.3 Å². The fourth-order valence-corrected chi connectivity index (χ4v) is 3.80. The number of carbonyl (C=O) groups excluding carboxylic acids is 2. The monoisotopic (exact) mass is 399 g/mol. The highest BCUT2D eigenvalue weighted by molar-refractivity contribution is 7.15. The van der Waals surface area contributed by atoms with Crippen molar-refractivity contribution in [1.82, 2.24) is 10.2 Å². The van der Waals surface area contributed by atoms with Crippen molar-refractivity contribution in [2.75, 3.05) is 4.90 Å². The lowest BCUT2D eigenvalue weighted by atomic mass is 9.99. The van der Waals surface area contributed by atoms with E-state index in [1.807, 2.05) is 6.92 Å². The average Bonchev–Trinajstić information content (AvgIpc) is 3.42. The first-order valence-corrected chi connectivity index (χ1v) is 9.25. The van der Waals surface area contributed by atoms with Crippen LogP contribution >= 0.6 is 11.3 Å². The largest absolute Gasteiger partial charge is 0.507 e. The Morgan fingerprint density at radius 1 is 1.25 bits per heavy atom. The van der Waals surface area contributed by atoms with E-state index in [9.17, 15) is 19.1 Å². The van der Waals surface area contributed by atoms with Crippen LogP contribution in [0.4, 0.5) is 9.52 Å². The van der Waals surface area contributed by atoms with E-state index in [2.05, 4.69) is 10.2 Å². The number of rotatable bonds is 4. The summed E-state index contributed by atoms with van der Waals surface area (Å²) in [7, 11) is 0. The molecule has 2 aromatic heterocycles. The van der Waals surface area contributed by atoms with E-state index in [0.29, 0.717) is 11.4 Å². The van der Waals surface area contributed by atoms with Gasteiger partial charge in [0, 0.05) is 5.56 Å². The Labute approximate surface area is 162 Å². The molecule has 142 valence electrons. The topological polar surface area (TPSA) is 96.5 Å². The van der Waals surface area contributed by atoms with Crippen molar-refractivity contribution in [3.63, 3.8) is 0 Å². The SMILES string of the molecule is CCc1nnc(N2C(=O)C(=O)/C(=C(/O)c3ccc(F)cc3)C2c2ccco2)s1. The molecule has 0 radical (unpaired) electrons. The van der Waals surface area contributed by atoms with Gasteiger partial charge >= 0.3 is 5.91 Å². The minimum Gasteiger partial charge on any atom is -0.507 e. The van der Waals surface area contributed by atoms with Gasteiger partial charge in [-0.2, -0.15) is 0 Å². The van der Waals surface area contributed by atoms with Crippen LogP contribution in [0.3, 0.4) is 0 Å². The number of anilines is 1. The minimum atomic E-state index is -1.00. The molecule has 0 saturated carbocycles. The number of carbonyl (C=O) groups is 2. The van der Waals surface area contributed by atoms with Crippen LogP contribution < -0.4 is 4.90 Å². The lowest BCUT2D eigenvalue weighted by Gasteiger charge is -2.20. The maximum Gasteiger partial charge on any atom is 0.302 e. The highest BCUT2D eigenvalue weighted by Crippen LogP contribution is 2.43. The number of benzene rings is 1. The Morgan fingerprint density at radius 3 is 2.61 bits per heavy atom. The molecule has 3 heterocycles. The van der Waals surface area contributed by atoms with Gasteiger partial charge in [0.2, 0.25) is 5.13 Å². The van der Waals surface area contributed by atoms with Gasteiger partial charge in [0.15, 0.2) is 0 Å². The first-order valence-electron chi connectivity index (χ1n) is 8.44. The molecular weight excluding hydrogens is 385 g/mol. The van der Waals surface area contributed by atoms with Crippen molar-refractivity contribution in [2.45, 2.75) is 19.4 Å². The number of aryl methyl sites for hydroxylation is 1. The summed E-state index contributed by atoms with van der Waals surface area (Å²) in [6, 6.07) is 7.19. The van der Waals surface area contributed by atoms with Crippen LogP contribution in [0.25, 0.3) is 5.76 Å². The number of nitrogens with zero attached hydrogens (tertiary/aromatic N) is 3. The van der Waals surface area contributed by atoms with E-state index in [0.717, 1.165) is 12.1 Å². The maximum absolute atomic E-state index is 13.2. The third kappa shape index (κ3) is 2.89. The summed E-state index contributed by atoms with van der Waals surface area (Å²) in [6.45, 7) is 1.90. The summed E-state index contributed by atoms with van der Waals surface area (Å²) in [5, 5.41) is 19.7. The molecule has 1 fully saturated rings. The molecule has 0 bridgehead atoms. The van der Waals surface area contributed by atoms with Crippen molar-refractivity contribution < 1.29 is 23.5 Å². The molecule has 1 aromatic carbocycles. The molecule has 1 amide bonds. The minimum absolute atomic E-state index is 0.153. The summed E-state index contributed by atoms with van der Waals surface area (Å²) in [6.07, 6.45) is 2.04. The molecule has 4 rings (SSSR count). The summed E-state index contributed by atoms with van der Waals surface area (Å²) < 4.78 is 18.7. The summed E-state index contributed by atoms with van der Waals surface area (Å²) in [4.78, 5) is 26.7. The third-order valence-electron chi connectivity index (χ3n) is 4.34. The van der Waals surface area contributed by atoms with Gasteiger partial charge in [-0.15, -0.1) is 10.2 Å². The second-order valence-corrected chi connectivity index (χ2v) is 7.06. The third-order valence-corrected chi connectivity index (χ3v) is 5.41. The van der Waals surface area contributed by atoms with Crippen LogP contribution in [-0.2, 0) is 16.0 Å². The Balaban J connectivity index is 1.90. The highest BCUT2D eigenvalue weighted by atomic mass is 32.1. The molecular formula is C19H14FN3O4S. The first kappa shape index (κ1) is 18.1. The van der Waals surface area contributed by atoms with Gasteiger partial charge < -0.3 is 9.52 Å². The number of ketones is 1. The zero-order chi connectivity index (χ0) is 19.8. The molecule has 1 aliphatic heterocycles. The molecule has 1 N–H and O–H groups in total. The summed E-state index contributed by atoms with van der Waals surface area (Å²) in [5.41, 5.74) is 0.0577. The average molecular weight is 399 g/mol. The summed E-state index contributed by atoms with van der Waals surface area (Å²) in [5.74, 6) is -2.33. The Hall–Kier alpha value is -3.33. The molecule has 1 saturated heterocycles. The van der Waals surface area contributed by atoms with E-state index >= 15 is 0 Å². The van der Waals surface area contributed by atoms with Gasteiger partial charge in [0.05, 0.1) is 11.8 Å². The van der Waals surface area contributed by atoms with Gasteiger partial charge in [-0.1, -0.05) is 18.3 Å². The lowest BCUT2D eigenvalue weighted by molar-refractivity contribution is -0.132. The number of halogens is 1. The number of hydrogen-bond donors (Lipinski definition) is 1. The molecule has 1 aliphatic rings. The second-order valence-electron chi connectivity index (χ2n) is 6.02. The predicted molar refractivity (Wildman–Crippen MR) is 99.2 cm³/mol. The van der Waals surface area contributed by atoms with E-state index in [-0.39, 0.29) is 22.0 Å². The van der Waals surface area contributed by atoms with Gasteiger partial charge in [-0.25, -0.2) is 4.39 Å². The summed E-state index contributed by atoms with van der Waals surface area (Å²) >= 11 is 1.18. The fourth-order valence-electron chi connectivity index (χ4n) is 2.99. The van der Waals surface area contributed by atoms with E-state index in [1.165, 1.54) is 34.6 Å². The molecule has 3 aromatic rings. The van der Waals surface area contributed by atoms with Crippen LogP contribution in [0.15, 0.2) is 52.7 Å². The predicted octanol–water partition coefficient (Wildman–Crippen LogP) is 3.46. The Morgan fingerprint density at radius 2 is 2.00 bits per heavy atom. The molecule has 1 atom stereocenters. The molecule has 1 unspecified atom stereocenters. The number of aromatic nitrogens is 2. The van der Waals surface area contributed by atoms with Gasteiger partial charge in [-0.05, 0) is 42.8 Å². The lowest BCUT2D eigenvalue weighted by Crippen LogP contribution is -2.29. The number of furan rings is 1. The molecule has 0 aliphatic carbocycles. The van der Waals surface area contributed by atoms with E-state index in [1.54, 1.807) is 12.1 Å². The van der Waals surface area contributed by atoms with Crippen molar-refractivity contribution in [3.8, 4) is 0 Å². The van der Waals surface area contributed by atoms with Gasteiger partial charge in [0.25, 0.3) is 5.78 Å². The molecule has 0 spiro atoms. The van der Waals surface area contributed by atoms with Crippen LogP contribution in [0.5, 0.6) is 0 Å². The highest BCUT2D eigenvalue weighted by Gasteiger charge is 2.49. The van der Waals surface area contributed by atoms with Crippen molar-refractivity contribution in [2.24, 2.45) is 0 Å². The second kappa shape index (κ2) is 7.01. The van der Waals surface area contributed by atoms with Crippen LogP contribution in [0.1, 0.15) is 29.3 Å². The standard InChI is InChI=1S/C19H14FN3O4S/c1-2-13-21-22-19(28-13)23-15(12-4-3-9-27-12)14(17(25)18(23)26)16(24)10-5-7-11(20)8-6-10/h3-9,15,24H,2H2,1H3/b16-14+. The number of Topliss-reactive ketones (excluding diaryl/α,β-unsaturated/α-hetero) is 1. The number of amides is 1. The van der Waals surface area contributed by atoms with Crippen LogP contribution in [0.2, 0.25) is 0 Å². The van der Waals surface area contributed by atoms with Crippen LogP contribution in [0, 0.1) is 5.82 Å². The Bertz CT molecular complexity index is 1070. The zero-order valence-electron chi connectivity index (χ0n) is 14.6. The van der Waals surface area contributed by atoms with Crippen molar-refractivity contribution in [1.29, 1.82) is 0 Å². The molecule has 7 nitrogen and oxygen atoms in total. The number of hydrogen-bond acceptors (Lipinski definition) is 7. The van der Waals surface area contributed by atoms with Gasteiger partial charge in [-0.3, -0.25) is 14.5 Å². The van der Waals surface area contributed by atoms with Gasteiger partial charge in [0.1, 0.15) is 28.4 Å².